The average Bonchev–Trinajstić information content (AvgIpc) is 1.41. The monoisotopic (exact) mass is 193 g/mol. The van der Waals surface area contributed by atoms with Gasteiger partial charge in [-0.15, -0.1) is 0 Å². The molecule has 13 heavy (non-hydrogen) atoms. The standard InChI is InChI=1S/C3H7B2.8CH4/c1-2-3-5-4;;;;;;;;/h2-3H2,1H3;8*1H4. The van der Waals surface area contributed by atoms with Crippen LogP contribution in [0.5, 0.6) is 0 Å². The summed E-state index contributed by atoms with van der Waals surface area (Å²) in [4.78, 5) is 0. The first-order valence-electron chi connectivity index (χ1n) is 1.95. The van der Waals surface area contributed by atoms with Gasteiger partial charge in [-0.2, -0.15) is 0 Å². The summed E-state index contributed by atoms with van der Waals surface area (Å²) in [6, 6.07) is 0. The number of hydrogen-bond donors (Lipinski definition) is 0. The summed E-state index contributed by atoms with van der Waals surface area (Å²) in [5, 5.41) is 0. The summed E-state index contributed by atoms with van der Waals surface area (Å²) in [5.41, 5.74) is 0. The zero-order chi connectivity index (χ0) is 4.12. The topological polar surface area (TPSA) is 0 Å². The molecule has 0 aliphatic heterocycles. The third-order valence-electron chi connectivity index (χ3n) is 0.455. The second-order valence-electron chi connectivity index (χ2n) is 1.02. The summed E-state index contributed by atoms with van der Waals surface area (Å²) in [5.74, 6) is 0. The lowest BCUT2D eigenvalue weighted by molar-refractivity contribution is 1.08. The SMILES string of the molecule is C.C.C.C.C.C.C.C.[B][B]CCC. The van der Waals surface area contributed by atoms with Crippen molar-refractivity contribution in [2.75, 3.05) is 0 Å². The third kappa shape index (κ3) is 274. The molecule has 3 radical (unpaired) electrons. The van der Waals surface area contributed by atoms with Crippen molar-refractivity contribution in [1.29, 1.82) is 0 Å². The van der Waals surface area contributed by atoms with Crippen molar-refractivity contribution in [3.63, 3.8) is 0 Å². The maximum Gasteiger partial charge on any atom is 0.0544 e. The highest BCUT2D eigenvalue weighted by molar-refractivity contribution is 6.89. The number of rotatable bonds is 2. The lowest BCUT2D eigenvalue weighted by atomic mass is 9.53. The molecule has 0 aromatic heterocycles. The van der Waals surface area contributed by atoms with E-state index in [2.05, 4.69) is 6.92 Å². The molecule has 0 saturated carbocycles. The maximum absolute atomic E-state index is 5.01. The Kier molecular flexibility index (Phi) is 1340. The van der Waals surface area contributed by atoms with Crippen molar-refractivity contribution < 1.29 is 0 Å². The van der Waals surface area contributed by atoms with Crippen LogP contribution in [0.15, 0.2) is 0 Å². The second-order valence-corrected chi connectivity index (χ2v) is 1.02. The van der Waals surface area contributed by atoms with Gasteiger partial charge in [0.2, 0.25) is 0 Å². The summed E-state index contributed by atoms with van der Waals surface area (Å²) >= 11 is 0. The molecule has 0 N–H and O–H groups in total. The van der Waals surface area contributed by atoms with E-state index >= 15 is 0 Å². The van der Waals surface area contributed by atoms with Crippen molar-refractivity contribution in [1.82, 2.24) is 0 Å². The van der Waals surface area contributed by atoms with E-state index in [0.29, 0.717) is 0 Å². The highest BCUT2D eigenvalue weighted by atomic mass is 13.6. The zero-order valence-electron chi connectivity index (χ0n) is 3.57. The predicted molar refractivity (Wildman–Crippen MR) is 80.5 cm³/mol. The Balaban J connectivity index is -0.00000000286. The predicted octanol–water partition coefficient (Wildman–Crippen LogP) is 5.69. The van der Waals surface area contributed by atoms with Crippen LogP contribution in [-0.2, 0) is 0 Å². The highest BCUT2D eigenvalue weighted by Gasteiger charge is 1.70. The van der Waals surface area contributed by atoms with Crippen molar-refractivity contribution in [3.8, 4) is 0 Å². The van der Waals surface area contributed by atoms with Crippen LogP contribution >= 0.6 is 0 Å². The molecule has 0 aromatic carbocycles. The van der Waals surface area contributed by atoms with E-state index in [1.165, 1.54) is 0 Å². The fourth-order valence-corrected chi connectivity index (χ4v) is 0.167. The Bertz CT molecular complexity index is 15.6. The molecule has 0 atom stereocenters. The van der Waals surface area contributed by atoms with Crippen LogP contribution in [0.4, 0.5) is 0 Å². The van der Waals surface area contributed by atoms with Gasteiger partial charge in [0.15, 0.2) is 0 Å². The van der Waals surface area contributed by atoms with Crippen molar-refractivity contribution in [2.24, 2.45) is 0 Å². The molecular formula is C11H39B2. The molecule has 0 bridgehead atoms. The second kappa shape index (κ2) is 153. The molecule has 0 fully saturated rings. The van der Waals surface area contributed by atoms with E-state index in [0.717, 1.165) is 12.7 Å². The molecule has 0 saturated heterocycles. The molecular weight excluding hydrogens is 154 g/mol. The largest absolute Gasteiger partial charge is 0.0898 e. The van der Waals surface area contributed by atoms with E-state index in [1.807, 2.05) is 0 Å². The average molecular weight is 193 g/mol. The molecule has 0 aromatic rings. The highest BCUT2D eigenvalue weighted by Crippen LogP contribution is 1.78. The fourth-order valence-electron chi connectivity index (χ4n) is 0.167. The molecule has 0 unspecified atom stereocenters. The molecule has 89 valence electrons. The first-order chi connectivity index (χ1) is 2.41. The van der Waals surface area contributed by atoms with E-state index in [9.17, 15) is 0 Å². The van der Waals surface area contributed by atoms with Crippen molar-refractivity contribution >= 4 is 14.9 Å². The van der Waals surface area contributed by atoms with Gasteiger partial charge in [-0.3, -0.25) is 0 Å². The Labute approximate surface area is 94.6 Å². The molecule has 0 aliphatic rings. The molecule has 2 heteroatoms. The van der Waals surface area contributed by atoms with Gasteiger partial charge in [-0.25, -0.2) is 0 Å². The first-order valence-corrected chi connectivity index (χ1v) is 1.95. The van der Waals surface area contributed by atoms with Gasteiger partial charge < -0.3 is 0 Å². The first kappa shape index (κ1) is 113. The van der Waals surface area contributed by atoms with E-state index in [1.54, 1.807) is 7.17 Å². The normalized spacial score (nSPS) is 2.85. The summed E-state index contributed by atoms with van der Waals surface area (Å²) in [6.07, 6.45) is 2.20. The van der Waals surface area contributed by atoms with Gasteiger partial charge in [0.1, 0.15) is 0 Å². The van der Waals surface area contributed by atoms with Gasteiger partial charge in [0, 0.05) is 7.74 Å². The van der Waals surface area contributed by atoms with Crippen LogP contribution in [0.2, 0.25) is 6.32 Å². The van der Waals surface area contributed by atoms with Gasteiger partial charge in [-0.1, -0.05) is 79.1 Å². The van der Waals surface area contributed by atoms with Gasteiger partial charge in [-0.05, 0) is 0 Å². The minimum Gasteiger partial charge on any atom is -0.0898 e. The van der Waals surface area contributed by atoms with E-state index < -0.39 is 0 Å². The maximum atomic E-state index is 5.01. The Morgan fingerprint density at radius 3 is 1.00 bits per heavy atom. The van der Waals surface area contributed by atoms with Crippen LogP contribution in [0.3, 0.4) is 0 Å². The van der Waals surface area contributed by atoms with Gasteiger partial charge in [0.25, 0.3) is 0 Å². The van der Waals surface area contributed by atoms with E-state index in [4.69, 9.17) is 7.74 Å². The third-order valence-corrected chi connectivity index (χ3v) is 0.455. The van der Waals surface area contributed by atoms with Gasteiger partial charge >= 0.3 is 0 Å². The Morgan fingerprint density at radius 1 is 0.769 bits per heavy atom. The molecule has 0 nitrogen and oxygen atoms in total. The summed E-state index contributed by atoms with van der Waals surface area (Å²) in [7, 11) is 6.69. The fraction of sp³-hybridized carbons (Fsp3) is 1.00. The van der Waals surface area contributed by atoms with Crippen LogP contribution in [-0.4, -0.2) is 14.9 Å². The van der Waals surface area contributed by atoms with Crippen molar-refractivity contribution in [3.05, 3.63) is 0 Å². The quantitative estimate of drug-likeness (QED) is 0.494. The Morgan fingerprint density at radius 2 is 1.00 bits per heavy atom. The smallest absolute Gasteiger partial charge is 0.0544 e. The molecule has 0 heterocycles. The molecule has 0 amide bonds. The minimum atomic E-state index is 0. The lowest BCUT2D eigenvalue weighted by Crippen LogP contribution is -1.82. The Hall–Kier alpha value is 0.130. The van der Waals surface area contributed by atoms with Crippen LogP contribution in [0.25, 0.3) is 0 Å². The van der Waals surface area contributed by atoms with Gasteiger partial charge in [0.05, 0.1) is 7.17 Å². The molecule has 0 spiro atoms. The van der Waals surface area contributed by atoms with Crippen LogP contribution in [0.1, 0.15) is 72.8 Å². The minimum absolute atomic E-state index is 0. The summed E-state index contributed by atoms with van der Waals surface area (Å²) < 4.78 is 0. The summed E-state index contributed by atoms with van der Waals surface area (Å²) in [6.45, 7) is 2.10. The van der Waals surface area contributed by atoms with Crippen LogP contribution < -0.4 is 0 Å². The lowest BCUT2D eigenvalue weighted by Gasteiger charge is -1.77. The number of hydrogen-bond acceptors (Lipinski definition) is 0. The molecule has 0 aliphatic carbocycles. The van der Waals surface area contributed by atoms with Crippen molar-refractivity contribution in [2.45, 2.75) is 79.1 Å². The van der Waals surface area contributed by atoms with Crippen LogP contribution in [0, 0.1) is 0 Å². The van der Waals surface area contributed by atoms with E-state index in [-0.39, 0.29) is 59.4 Å². The zero-order valence-corrected chi connectivity index (χ0v) is 3.57. The molecule has 0 rings (SSSR count).